The number of carbonyl (C=O) groups is 2. The summed E-state index contributed by atoms with van der Waals surface area (Å²) in [4.78, 5) is 23.8. The van der Waals surface area contributed by atoms with Gasteiger partial charge in [-0.3, -0.25) is 4.79 Å². The van der Waals surface area contributed by atoms with Gasteiger partial charge in [-0.2, -0.15) is 0 Å². The van der Waals surface area contributed by atoms with Crippen LogP contribution in [-0.4, -0.2) is 39.5 Å². The van der Waals surface area contributed by atoms with Crippen LogP contribution in [0.5, 0.6) is 0 Å². The Hall–Kier alpha value is -1.93. The first-order chi connectivity index (χ1) is 11.9. The molecule has 8 heteroatoms. The fourth-order valence-electron chi connectivity index (χ4n) is 2.66. The van der Waals surface area contributed by atoms with Crippen LogP contribution in [0.1, 0.15) is 49.4 Å². The Balaban J connectivity index is 1.93. The van der Waals surface area contributed by atoms with Crippen LogP contribution in [-0.2, 0) is 19.6 Å². The first kappa shape index (κ1) is 19.4. The molecule has 1 aliphatic carbocycles. The van der Waals surface area contributed by atoms with Gasteiger partial charge >= 0.3 is 5.97 Å². The molecule has 0 saturated heterocycles. The third-order valence-electron chi connectivity index (χ3n) is 3.98. The molecule has 0 radical (unpaired) electrons. The van der Waals surface area contributed by atoms with Crippen molar-refractivity contribution in [2.75, 3.05) is 13.2 Å². The van der Waals surface area contributed by atoms with Crippen LogP contribution < -0.4 is 10.0 Å². The lowest BCUT2D eigenvalue weighted by Gasteiger charge is -2.12. The zero-order chi connectivity index (χ0) is 18.3. The highest BCUT2D eigenvalue weighted by Crippen LogP contribution is 2.17. The minimum absolute atomic E-state index is 0.00851. The lowest BCUT2D eigenvalue weighted by molar-refractivity contribution is -0.124. The lowest BCUT2D eigenvalue weighted by Crippen LogP contribution is -2.35. The summed E-state index contributed by atoms with van der Waals surface area (Å²) in [5.41, 5.74) is 0.0908. The van der Waals surface area contributed by atoms with Gasteiger partial charge in [-0.25, -0.2) is 17.9 Å². The highest BCUT2D eigenvalue weighted by atomic mass is 32.2. The summed E-state index contributed by atoms with van der Waals surface area (Å²) in [6.07, 6.45) is 4.75. The van der Waals surface area contributed by atoms with Crippen molar-refractivity contribution < 1.29 is 22.7 Å². The van der Waals surface area contributed by atoms with Gasteiger partial charge in [-0.15, -0.1) is 0 Å². The van der Waals surface area contributed by atoms with Crippen molar-refractivity contribution in [3.8, 4) is 0 Å². The molecule has 0 atom stereocenters. The lowest BCUT2D eigenvalue weighted by atomic mass is 10.2. The molecule has 2 N–H and O–H groups in total. The highest BCUT2D eigenvalue weighted by Gasteiger charge is 2.19. The van der Waals surface area contributed by atoms with Gasteiger partial charge in [0.1, 0.15) is 0 Å². The molecule has 0 unspecified atom stereocenters. The zero-order valence-electron chi connectivity index (χ0n) is 14.3. The van der Waals surface area contributed by atoms with Crippen LogP contribution in [0.4, 0.5) is 0 Å². The number of rotatable bonds is 8. The van der Waals surface area contributed by atoms with Crippen molar-refractivity contribution in [3.05, 3.63) is 29.8 Å². The fourth-order valence-corrected chi connectivity index (χ4v) is 3.84. The van der Waals surface area contributed by atoms with Gasteiger partial charge in [0, 0.05) is 12.6 Å². The molecule has 0 bridgehead atoms. The van der Waals surface area contributed by atoms with Crippen LogP contribution in [0.25, 0.3) is 0 Å². The topological polar surface area (TPSA) is 102 Å². The molecule has 0 aromatic heterocycles. The number of nitrogens with one attached hydrogen (secondary N) is 2. The second-order valence-corrected chi connectivity index (χ2v) is 7.82. The molecule has 1 aromatic carbocycles. The molecule has 1 amide bonds. The van der Waals surface area contributed by atoms with E-state index >= 15 is 0 Å². The molecule has 1 saturated carbocycles. The summed E-state index contributed by atoms with van der Waals surface area (Å²) >= 11 is 0. The number of hydrogen-bond acceptors (Lipinski definition) is 5. The van der Waals surface area contributed by atoms with Crippen LogP contribution in [0, 0.1) is 0 Å². The Morgan fingerprint density at radius 2 is 1.96 bits per heavy atom. The van der Waals surface area contributed by atoms with E-state index in [4.69, 9.17) is 4.74 Å². The van der Waals surface area contributed by atoms with E-state index in [1.807, 2.05) is 6.92 Å². The number of amides is 1. The number of hydrogen-bond donors (Lipinski definition) is 2. The van der Waals surface area contributed by atoms with Crippen LogP contribution in [0.3, 0.4) is 0 Å². The molecule has 0 spiro atoms. The summed E-state index contributed by atoms with van der Waals surface area (Å²) in [6, 6.07) is 5.73. The van der Waals surface area contributed by atoms with Crippen molar-refractivity contribution in [3.63, 3.8) is 0 Å². The molecule has 1 aliphatic rings. The van der Waals surface area contributed by atoms with Crippen molar-refractivity contribution >= 4 is 21.9 Å². The van der Waals surface area contributed by atoms with Gasteiger partial charge in [0.15, 0.2) is 6.61 Å². The Kier molecular flexibility index (Phi) is 6.95. The maximum atomic E-state index is 12.1. The Morgan fingerprint density at radius 1 is 1.24 bits per heavy atom. The molecule has 0 aliphatic heterocycles. The van der Waals surface area contributed by atoms with E-state index < -0.39 is 16.0 Å². The molecular formula is C17H24N2O5S. The predicted octanol–water partition coefficient (Wildman–Crippen LogP) is 1.59. The summed E-state index contributed by atoms with van der Waals surface area (Å²) < 4.78 is 31.6. The Labute approximate surface area is 148 Å². The predicted molar refractivity (Wildman–Crippen MR) is 92.6 cm³/mol. The summed E-state index contributed by atoms with van der Waals surface area (Å²) in [5, 5.41) is 2.82. The average molecular weight is 368 g/mol. The number of carbonyl (C=O) groups excluding carboxylic acids is 2. The standard InChI is InChI=1S/C17H24N2O5S/c1-2-10-18-25(22,23)15-9-5-6-13(11-15)17(21)24-12-16(20)19-14-7-3-4-8-14/h5-6,9,11,14,18H,2-4,7-8,10,12H2,1H3,(H,19,20). The first-order valence-corrected chi connectivity index (χ1v) is 9.97. The van der Waals surface area contributed by atoms with Crippen LogP contribution in [0.15, 0.2) is 29.2 Å². The minimum Gasteiger partial charge on any atom is -0.452 e. The smallest absolute Gasteiger partial charge is 0.338 e. The third-order valence-corrected chi connectivity index (χ3v) is 5.44. The molecule has 138 valence electrons. The van der Waals surface area contributed by atoms with Gasteiger partial charge < -0.3 is 10.1 Å². The Morgan fingerprint density at radius 3 is 2.64 bits per heavy atom. The van der Waals surface area contributed by atoms with Gasteiger partial charge in [-0.1, -0.05) is 25.8 Å². The molecule has 25 heavy (non-hydrogen) atoms. The molecule has 1 aromatic rings. The van der Waals surface area contributed by atoms with E-state index in [0.29, 0.717) is 13.0 Å². The molecule has 2 rings (SSSR count). The third kappa shape index (κ3) is 5.82. The quantitative estimate of drug-likeness (QED) is 0.679. The molecule has 1 fully saturated rings. The second kappa shape index (κ2) is 8.96. The van der Waals surface area contributed by atoms with Crippen molar-refractivity contribution in [1.82, 2.24) is 10.0 Å². The minimum atomic E-state index is -3.66. The number of sulfonamides is 1. The monoisotopic (exact) mass is 368 g/mol. The van der Waals surface area contributed by atoms with E-state index in [1.165, 1.54) is 24.3 Å². The van der Waals surface area contributed by atoms with E-state index in [2.05, 4.69) is 10.0 Å². The SMILES string of the molecule is CCCNS(=O)(=O)c1cccc(C(=O)OCC(=O)NC2CCCC2)c1. The molecule has 7 nitrogen and oxygen atoms in total. The van der Waals surface area contributed by atoms with Crippen molar-refractivity contribution in [2.45, 2.75) is 50.0 Å². The number of ether oxygens (including phenoxy) is 1. The molecule has 0 heterocycles. The number of benzene rings is 1. The maximum Gasteiger partial charge on any atom is 0.338 e. The van der Waals surface area contributed by atoms with Crippen molar-refractivity contribution in [2.24, 2.45) is 0 Å². The molecular weight excluding hydrogens is 344 g/mol. The summed E-state index contributed by atoms with van der Waals surface area (Å²) in [6.45, 7) is 1.80. The van der Waals surface area contributed by atoms with E-state index in [0.717, 1.165) is 25.7 Å². The van der Waals surface area contributed by atoms with Crippen LogP contribution >= 0.6 is 0 Å². The largest absolute Gasteiger partial charge is 0.452 e. The first-order valence-electron chi connectivity index (χ1n) is 8.48. The van der Waals surface area contributed by atoms with Crippen LogP contribution in [0.2, 0.25) is 0 Å². The van der Waals surface area contributed by atoms with Crippen molar-refractivity contribution in [1.29, 1.82) is 0 Å². The van der Waals surface area contributed by atoms with E-state index in [1.54, 1.807) is 0 Å². The van der Waals surface area contributed by atoms with Gasteiger partial charge in [0.05, 0.1) is 10.5 Å². The highest BCUT2D eigenvalue weighted by molar-refractivity contribution is 7.89. The Bertz CT molecular complexity index is 712. The second-order valence-electron chi connectivity index (χ2n) is 6.05. The summed E-state index contributed by atoms with van der Waals surface area (Å²) in [5.74, 6) is -1.07. The fraction of sp³-hybridized carbons (Fsp3) is 0.529. The van der Waals surface area contributed by atoms with Gasteiger partial charge in [0.2, 0.25) is 10.0 Å². The van der Waals surface area contributed by atoms with E-state index in [-0.39, 0.29) is 29.0 Å². The van der Waals surface area contributed by atoms with E-state index in [9.17, 15) is 18.0 Å². The van der Waals surface area contributed by atoms with Gasteiger partial charge in [-0.05, 0) is 37.5 Å². The number of esters is 1. The normalized spacial score (nSPS) is 15.1. The maximum absolute atomic E-state index is 12.1. The average Bonchev–Trinajstić information content (AvgIpc) is 3.11. The zero-order valence-corrected chi connectivity index (χ0v) is 15.1. The summed E-state index contributed by atoms with van der Waals surface area (Å²) in [7, 11) is -3.66. The van der Waals surface area contributed by atoms with Gasteiger partial charge in [0.25, 0.3) is 5.91 Å².